The number of rotatable bonds is 6. The molecule has 0 saturated heterocycles. The number of nitrogens with zero attached hydrogens (tertiary/aromatic N) is 2. The van der Waals surface area contributed by atoms with Crippen molar-refractivity contribution in [2.24, 2.45) is 0 Å². The Labute approximate surface area is 182 Å². The Balaban J connectivity index is 1.36. The Hall–Kier alpha value is -3.27. The predicted octanol–water partition coefficient (Wildman–Crippen LogP) is 2.51. The van der Waals surface area contributed by atoms with Crippen molar-refractivity contribution < 1.29 is 23.6 Å². The molecule has 9 nitrogen and oxygen atoms in total. The number of benzene rings is 1. The second-order valence-corrected chi connectivity index (χ2v) is 8.25. The van der Waals surface area contributed by atoms with E-state index in [0.717, 1.165) is 22.2 Å². The molecule has 4 rings (SSSR count). The second kappa shape index (κ2) is 8.84. The zero-order valence-corrected chi connectivity index (χ0v) is 18.0. The molecule has 1 aliphatic heterocycles. The van der Waals surface area contributed by atoms with E-state index in [1.54, 1.807) is 30.0 Å². The first-order valence-electron chi connectivity index (χ1n) is 9.75. The molecule has 2 amide bonds. The molecule has 1 aliphatic rings. The third-order valence-corrected chi connectivity index (χ3v) is 6.02. The van der Waals surface area contributed by atoms with Crippen molar-refractivity contribution in [1.82, 2.24) is 15.0 Å². The van der Waals surface area contributed by atoms with Gasteiger partial charge in [0.15, 0.2) is 5.82 Å². The molecule has 0 spiro atoms. The van der Waals surface area contributed by atoms with E-state index in [-0.39, 0.29) is 23.3 Å². The maximum absolute atomic E-state index is 12.7. The largest absolute Gasteiger partial charge is 0.465 e. The summed E-state index contributed by atoms with van der Waals surface area (Å²) >= 11 is 1.25. The van der Waals surface area contributed by atoms with Gasteiger partial charge in [-0.2, -0.15) is 0 Å². The van der Waals surface area contributed by atoms with Crippen molar-refractivity contribution in [3.63, 3.8) is 0 Å². The van der Waals surface area contributed by atoms with Gasteiger partial charge in [-0.15, -0.1) is 11.8 Å². The van der Waals surface area contributed by atoms with Gasteiger partial charge >= 0.3 is 5.97 Å². The van der Waals surface area contributed by atoms with Gasteiger partial charge < -0.3 is 24.5 Å². The lowest BCUT2D eigenvalue weighted by atomic mass is 10.0. The topological polar surface area (TPSA) is 118 Å². The number of anilines is 1. The summed E-state index contributed by atoms with van der Waals surface area (Å²) in [4.78, 5) is 41.7. The molecular weight excluding hydrogens is 420 g/mol. The smallest absolute Gasteiger partial charge is 0.337 e. The fourth-order valence-corrected chi connectivity index (χ4v) is 4.32. The van der Waals surface area contributed by atoms with Crippen molar-refractivity contribution in [2.45, 2.75) is 19.9 Å². The first kappa shape index (κ1) is 21.0. The van der Waals surface area contributed by atoms with Crippen LogP contribution in [0.2, 0.25) is 0 Å². The number of thioether (sulfide) groups is 1. The van der Waals surface area contributed by atoms with Crippen LogP contribution in [0.3, 0.4) is 0 Å². The van der Waals surface area contributed by atoms with Crippen LogP contribution in [0, 0.1) is 6.92 Å². The Morgan fingerprint density at radius 1 is 1.29 bits per heavy atom. The highest BCUT2D eigenvalue weighted by atomic mass is 32.2. The maximum Gasteiger partial charge on any atom is 0.337 e. The highest BCUT2D eigenvalue weighted by Crippen LogP contribution is 2.29. The summed E-state index contributed by atoms with van der Waals surface area (Å²) in [5.74, 6) is 0.666. The molecule has 10 heteroatoms. The number of aryl methyl sites for hydroxylation is 1. The number of methoxy groups -OCH3 is 1. The molecule has 162 valence electrons. The van der Waals surface area contributed by atoms with Crippen LogP contribution in [0.4, 0.5) is 5.82 Å². The van der Waals surface area contributed by atoms with Crippen LogP contribution in [-0.4, -0.2) is 58.0 Å². The number of esters is 1. The molecule has 2 N–H and O–H groups in total. The molecule has 0 unspecified atom stereocenters. The van der Waals surface area contributed by atoms with Crippen LogP contribution < -0.4 is 5.32 Å². The normalized spacial score (nSPS) is 13.2. The number of carbonyl (C=O) groups is 3. The minimum Gasteiger partial charge on any atom is -0.465 e. The van der Waals surface area contributed by atoms with E-state index >= 15 is 0 Å². The fourth-order valence-electron chi connectivity index (χ4n) is 3.60. The number of fused-ring (bicyclic) bond motifs is 3. The first-order chi connectivity index (χ1) is 14.9. The number of H-pyrrole nitrogens is 1. The van der Waals surface area contributed by atoms with Gasteiger partial charge in [-0.05, 0) is 25.1 Å². The van der Waals surface area contributed by atoms with Crippen LogP contribution in [-0.2, 0) is 27.3 Å². The van der Waals surface area contributed by atoms with Gasteiger partial charge in [-0.1, -0.05) is 5.16 Å². The van der Waals surface area contributed by atoms with E-state index in [0.29, 0.717) is 36.7 Å². The third kappa shape index (κ3) is 4.58. The summed E-state index contributed by atoms with van der Waals surface area (Å²) in [6, 6.07) is 7.01. The van der Waals surface area contributed by atoms with E-state index in [4.69, 9.17) is 9.26 Å². The van der Waals surface area contributed by atoms with Crippen molar-refractivity contribution in [3.8, 4) is 0 Å². The van der Waals surface area contributed by atoms with Crippen molar-refractivity contribution in [3.05, 3.63) is 46.8 Å². The molecule has 0 aliphatic carbocycles. The van der Waals surface area contributed by atoms with Crippen molar-refractivity contribution in [1.29, 1.82) is 0 Å². The third-order valence-electron chi connectivity index (χ3n) is 5.10. The van der Waals surface area contributed by atoms with Crippen LogP contribution in [0.15, 0.2) is 28.8 Å². The summed E-state index contributed by atoms with van der Waals surface area (Å²) in [5, 5.41) is 7.27. The lowest BCUT2D eigenvalue weighted by Crippen LogP contribution is -2.37. The van der Waals surface area contributed by atoms with Gasteiger partial charge in [0, 0.05) is 47.7 Å². The van der Waals surface area contributed by atoms with Crippen molar-refractivity contribution in [2.75, 3.05) is 30.5 Å². The van der Waals surface area contributed by atoms with Gasteiger partial charge in [-0.25, -0.2) is 4.79 Å². The van der Waals surface area contributed by atoms with Crippen molar-refractivity contribution >= 4 is 46.3 Å². The number of amides is 2. The van der Waals surface area contributed by atoms with E-state index < -0.39 is 5.97 Å². The lowest BCUT2D eigenvalue weighted by Gasteiger charge is -2.27. The molecular formula is C21H22N4O5S. The Bertz CT molecular complexity index is 1150. The van der Waals surface area contributed by atoms with Gasteiger partial charge in [0.25, 0.3) is 0 Å². The Morgan fingerprint density at radius 3 is 2.87 bits per heavy atom. The molecule has 31 heavy (non-hydrogen) atoms. The minimum absolute atomic E-state index is 0.0285. The van der Waals surface area contributed by atoms with E-state index in [9.17, 15) is 14.4 Å². The SMILES string of the molecule is COC(=O)c1ccc2[nH]c3c(c2c1)CN(C(=O)CSCC(=O)Nc1cc(C)on1)CC3. The number of hydrogen-bond donors (Lipinski definition) is 2. The zero-order chi connectivity index (χ0) is 22.0. The van der Waals surface area contributed by atoms with Gasteiger partial charge in [0.2, 0.25) is 11.8 Å². The number of ether oxygens (including phenoxy) is 1. The van der Waals surface area contributed by atoms with Gasteiger partial charge in [0.05, 0.1) is 24.2 Å². The molecule has 3 heterocycles. The summed E-state index contributed by atoms with van der Waals surface area (Å²) in [6.45, 7) is 2.81. The van der Waals surface area contributed by atoms with Gasteiger partial charge in [0.1, 0.15) is 5.76 Å². The van der Waals surface area contributed by atoms with Crippen LogP contribution in [0.25, 0.3) is 10.9 Å². The van der Waals surface area contributed by atoms with Crippen LogP contribution >= 0.6 is 11.8 Å². The fraction of sp³-hybridized carbons (Fsp3) is 0.333. The first-order valence-corrected chi connectivity index (χ1v) is 10.9. The molecule has 0 saturated carbocycles. The Morgan fingerprint density at radius 2 is 2.13 bits per heavy atom. The van der Waals surface area contributed by atoms with Crippen LogP contribution in [0.1, 0.15) is 27.4 Å². The number of hydrogen-bond acceptors (Lipinski definition) is 7. The molecule has 0 fully saturated rings. The molecule has 3 aromatic rings. The number of aromatic amines is 1. The van der Waals surface area contributed by atoms with E-state index in [1.165, 1.54) is 18.9 Å². The monoisotopic (exact) mass is 442 g/mol. The second-order valence-electron chi connectivity index (χ2n) is 7.26. The standard InChI is InChI=1S/C21H22N4O5S/c1-12-7-18(24-30-12)23-19(26)10-31-11-20(27)25-6-5-17-15(9-25)14-8-13(21(28)29-2)3-4-16(14)22-17/h3-4,7-8,22H,5-6,9-11H2,1-2H3,(H,23,24,26). The highest BCUT2D eigenvalue weighted by molar-refractivity contribution is 8.00. The molecule has 1 aromatic carbocycles. The number of nitrogens with one attached hydrogen (secondary N) is 2. The summed E-state index contributed by atoms with van der Waals surface area (Å²) in [7, 11) is 1.35. The molecule has 0 radical (unpaired) electrons. The maximum atomic E-state index is 12.7. The van der Waals surface area contributed by atoms with E-state index in [1.807, 2.05) is 6.07 Å². The molecule has 2 aromatic heterocycles. The van der Waals surface area contributed by atoms with E-state index in [2.05, 4.69) is 15.5 Å². The lowest BCUT2D eigenvalue weighted by molar-refractivity contribution is -0.129. The highest BCUT2D eigenvalue weighted by Gasteiger charge is 2.24. The average molecular weight is 442 g/mol. The summed E-state index contributed by atoms with van der Waals surface area (Å²) < 4.78 is 9.72. The van der Waals surface area contributed by atoms with Gasteiger partial charge in [-0.3, -0.25) is 9.59 Å². The minimum atomic E-state index is -0.393. The molecule has 0 atom stereocenters. The summed E-state index contributed by atoms with van der Waals surface area (Å²) in [6.07, 6.45) is 0.708. The number of carbonyl (C=O) groups excluding carboxylic acids is 3. The quantitative estimate of drug-likeness (QED) is 0.563. The molecule has 0 bridgehead atoms. The number of aromatic nitrogens is 2. The summed E-state index contributed by atoms with van der Waals surface area (Å²) in [5.41, 5.74) is 3.51. The zero-order valence-electron chi connectivity index (χ0n) is 17.2. The Kier molecular flexibility index (Phi) is 5.99. The predicted molar refractivity (Wildman–Crippen MR) is 116 cm³/mol. The van der Waals surface area contributed by atoms with Crippen LogP contribution in [0.5, 0.6) is 0 Å². The average Bonchev–Trinajstić information content (AvgIpc) is 3.34.